The van der Waals surface area contributed by atoms with Gasteiger partial charge >= 0.3 is 0 Å². The number of hydrogen-bond donors (Lipinski definition) is 2. The summed E-state index contributed by atoms with van der Waals surface area (Å²) >= 11 is 8.63. The number of carbonyl (C=O) groups excluding carboxylic acids is 1. The number of amidine groups is 1. The van der Waals surface area contributed by atoms with Crippen LogP contribution < -0.4 is 11.1 Å². The van der Waals surface area contributed by atoms with Gasteiger partial charge < -0.3 is 11.1 Å². The molecule has 0 spiro atoms. The van der Waals surface area contributed by atoms with Crippen LogP contribution in [0.25, 0.3) is 10.6 Å². The predicted octanol–water partition coefficient (Wildman–Crippen LogP) is 3.79. The smallest absolute Gasteiger partial charge is 0.261 e. The van der Waals surface area contributed by atoms with Crippen LogP contribution in [-0.2, 0) is 6.54 Å². The van der Waals surface area contributed by atoms with E-state index in [0.717, 1.165) is 21.8 Å². The first-order chi connectivity index (χ1) is 12.1. The van der Waals surface area contributed by atoms with Crippen molar-refractivity contribution >= 4 is 46.0 Å². The molecule has 2 heterocycles. The third-order valence-electron chi connectivity index (χ3n) is 3.45. The minimum absolute atomic E-state index is 0.148. The Bertz CT molecular complexity index is 915. The Balaban J connectivity index is 1.65. The molecule has 128 valence electrons. The summed E-state index contributed by atoms with van der Waals surface area (Å²) in [7, 11) is 1.66. The molecule has 0 radical (unpaired) electrons. The number of aliphatic imine (C=N–C) groups is 1. The fraction of sp³-hybridized carbons (Fsp3) is 0.118. The molecular weight excluding hydrogens is 376 g/mol. The summed E-state index contributed by atoms with van der Waals surface area (Å²) in [4.78, 5) is 21.2. The molecular formula is C17H15ClN4OS2. The number of nitrogens with two attached hydrogens (primary N) is 1. The maximum absolute atomic E-state index is 12.0. The van der Waals surface area contributed by atoms with Crippen LogP contribution in [0, 0.1) is 0 Å². The van der Waals surface area contributed by atoms with Crippen LogP contribution in [0.3, 0.4) is 0 Å². The number of nitrogens with one attached hydrogen (secondary N) is 1. The number of amides is 1. The monoisotopic (exact) mass is 390 g/mol. The number of rotatable bonds is 5. The standard InChI is InChI=1S/C17H15ClN4OS2/c1-20-15(19)10-2-4-11(5-3-10)17-22-12(9-24-17)8-21-16(23)13-6-7-14(18)25-13/h2-7,9H,8H2,1H3,(H2,19,20)(H,21,23). The number of thiazole rings is 1. The zero-order chi connectivity index (χ0) is 17.8. The molecule has 0 aliphatic carbocycles. The van der Waals surface area contributed by atoms with Crippen molar-refractivity contribution in [2.45, 2.75) is 6.54 Å². The first kappa shape index (κ1) is 17.6. The van der Waals surface area contributed by atoms with Gasteiger partial charge in [-0.2, -0.15) is 0 Å². The normalized spacial score (nSPS) is 11.5. The lowest BCUT2D eigenvalue weighted by molar-refractivity contribution is 0.0954. The first-order valence-electron chi connectivity index (χ1n) is 7.38. The minimum atomic E-state index is -0.148. The van der Waals surface area contributed by atoms with E-state index >= 15 is 0 Å². The van der Waals surface area contributed by atoms with Crippen LogP contribution in [0.4, 0.5) is 0 Å². The van der Waals surface area contributed by atoms with Crippen LogP contribution in [0.1, 0.15) is 20.9 Å². The average Bonchev–Trinajstić information content (AvgIpc) is 3.28. The average molecular weight is 391 g/mol. The predicted molar refractivity (Wildman–Crippen MR) is 105 cm³/mol. The van der Waals surface area contributed by atoms with E-state index in [1.54, 1.807) is 19.2 Å². The molecule has 0 aliphatic heterocycles. The Morgan fingerprint density at radius 3 is 2.68 bits per heavy atom. The molecule has 2 aromatic heterocycles. The summed E-state index contributed by atoms with van der Waals surface area (Å²) in [5, 5.41) is 5.68. The highest BCUT2D eigenvalue weighted by Gasteiger charge is 2.10. The molecule has 0 saturated carbocycles. The van der Waals surface area contributed by atoms with E-state index in [9.17, 15) is 4.79 Å². The van der Waals surface area contributed by atoms with E-state index in [0.29, 0.717) is 21.6 Å². The van der Waals surface area contributed by atoms with Crippen LogP contribution >= 0.6 is 34.3 Å². The van der Waals surface area contributed by atoms with Gasteiger partial charge in [0.05, 0.1) is 21.5 Å². The van der Waals surface area contributed by atoms with E-state index in [1.807, 2.05) is 29.6 Å². The number of benzene rings is 1. The third kappa shape index (κ3) is 4.25. The second kappa shape index (κ2) is 7.77. The second-order valence-electron chi connectivity index (χ2n) is 5.12. The molecule has 5 nitrogen and oxygen atoms in total. The third-order valence-corrected chi connectivity index (χ3v) is 5.62. The zero-order valence-electron chi connectivity index (χ0n) is 13.3. The summed E-state index contributed by atoms with van der Waals surface area (Å²) in [6, 6.07) is 11.2. The molecule has 0 bridgehead atoms. The fourth-order valence-electron chi connectivity index (χ4n) is 2.13. The first-order valence-corrected chi connectivity index (χ1v) is 9.45. The van der Waals surface area contributed by atoms with Crippen LogP contribution in [-0.4, -0.2) is 23.8 Å². The quantitative estimate of drug-likeness (QED) is 0.513. The molecule has 1 amide bonds. The summed E-state index contributed by atoms with van der Waals surface area (Å²) in [6.07, 6.45) is 0. The van der Waals surface area contributed by atoms with Gasteiger partial charge in [-0.15, -0.1) is 22.7 Å². The number of halogens is 1. The lowest BCUT2D eigenvalue weighted by Crippen LogP contribution is -2.21. The summed E-state index contributed by atoms with van der Waals surface area (Å²) in [6.45, 7) is 0.373. The summed E-state index contributed by atoms with van der Waals surface area (Å²) < 4.78 is 0.596. The highest BCUT2D eigenvalue weighted by molar-refractivity contribution is 7.18. The van der Waals surface area contributed by atoms with Crippen molar-refractivity contribution in [1.29, 1.82) is 0 Å². The van der Waals surface area contributed by atoms with E-state index < -0.39 is 0 Å². The maximum Gasteiger partial charge on any atom is 0.261 e. The van der Waals surface area contributed by atoms with E-state index in [-0.39, 0.29) is 5.91 Å². The van der Waals surface area contributed by atoms with E-state index in [2.05, 4.69) is 15.3 Å². The van der Waals surface area contributed by atoms with E-state index in [4.69, 9.17) is 17.3 Å². The number of aromatic nitrogens is 1. The Kier molecular flexibility index (Phi) is 5.47. The molecule has 0 saturated heterocycles. The lowest BCUT2D eigenvalue weighted by atomic mass is 10.1. The van der Waals surface area contributed by atoms with Crippen molar-refractivity contribution in [3.8, 4) is 10.6 Å². The molecule has 0 fully saturated rings. The number of hydrogen-bond acceptors (Lipinski definition) is 5. The van der Waals surface area contributed by atoms with Gasteiger partial charge in [-0.1, -0.05) is 35.9 Å². The Labute approximate surface area is 158 Å². The molecule has 25 heavy (non-hydrogen) atoms. The molecule has 0 atom stereocenters. The van der Waals surface area contributed by atoms with Gasteiger partial charge in [0.25, 0.3) is 5.91 Å². The van der Waals surface area contributed by atoms with Crippen molar-refractivity contribution in [3.05, 3.63) is 62.2 Å². The SMILES string of the molecule is CN=C(N)c1ccc(-c2nc(CNC(=O)c3ccc(Cl)s3)cs2)cc1. The van der Waals surface area contributed by atoms with Gasteiger partial charge in [-0.3, -0.25) is 9.79 Å². The van der Waals surface area contributed by atoms with Gasteiger partial charge in [0.15, 0.2) is 0 Å². The molecule has 1 aromatic carbocycles. The molecule has 3 N–H and O–H groups in total. The van der Waals surface area contributed by atoms with E-state index in [1.165, 1.54) is 22.7 Å². The summed E-state index contributed by atoms with van der Waals surface area (Å²) in [5.41, 5.74) is 8.49. The number of thiophene rings is 1. The zero-order valence-corrected chi connectivity index (χ0v) is 15.7. The molecule has 3 rings (SSSR count). The fourth-order valence-corrected chi connectivity index (χ4v) is 3.91. The topological polar surface area (TPSA) is 80.4 Å². The number of carbonyl (C=O) groups is 1. The molecule has 3 aromatic rings. The van der Waals surface area contributed by atoms with Gasteiger partial charge in [0, 0.05) is 23.6 Å². The second-order valence-corrected chi connectivity index (χ2v) is 7.69. The lowest BCUT2D eigenvalue weighted by Gasteiger charge is -2.02. The van der Waals surface area contributed by atoms with Crippen molar-refractivity contribution in [1.82, 2.24) is 10.3 Å². The molecule has 0 unspecified atom stereocenters. The summed E-state index contributed by atoms with van der Waals surface area (Å²) in [5.74, 6) is 0.355. The van der Waals surface area contributed by atoms with Crippen LogP contribution in [0.2, 0.25) is 4.34 Å². The largest absolute Gasteiger partial charge is 0.384 e. The van der Waals surface area contributed by atoms with Gasteiger partial charge in [0.2, 0.25) is 0 Å². The van der Waals surface area contributed by atoms with Crippen molar-refractivity contribution < 1.29 is 4.79 Å². The highest BCUT2D eigenvalue weighted by Crippen LogP contribution is 2.24. The van der Waals surface area contributed by atoms with Gasteiger partial charge in [0.1, 0.15) is 10.8 Å². The van der Waals surface area contributed by atoms with Crippen molar-refractivity contribution in [2.24, 2.45) is 10.7 Å². The minimum Gasteiger partial charge on any atom is -0.384 e. The van der Waals surface area contributed by atoms with Crippen molar-refractivity contribution in [3.63, 3.8) is 0 Å². The highest BCUT2D eigenvalue weighted by atomic mass is 35.5. The number of nitrogens with zero attached hydrogens (tertiary/aromatic N) is 2. The molecule has 8 heteroatoms. The van der Waals surface area contributed by atoms with Gasteiger partial charge in [-0.05, 0) is 12.1 Å². The van der Waals surface area contributed by atoms with Crippen molar-refractivity contribution in [2.75, 3.05) is 7.05 Å². The van der Waals surface area contributed by atoms with Crippen LogP contribution in [0.5, 0.6) is 0 Å². The molecule has 0 aliphatic rings. The maximum atomic E-state index is 12.0. The Hall–Kier alpha value is -2.22. The Morgan fingerprint density at radius 2 is 2.04 bits per heavy atom. The van der Waals surface area contributed by atoms with Gasteiger partial charge in [-0.25, -0.2) is 4.98 Å². The Morgan fingerprint density at radius 1 is 1.28 bits per heavy atom. The van der Waals surface area contributed by atoms with Crippen LogP contribution in [0.15, 0.2) is 46.8 Å².